The minimum absolute atomic E-state index is 0.0301. The molecular weight excluding hydrogens is 248 g/mol. The molecule has 3 nitrogen and oxygen atoms in total. The zero-order valence-electron chi connectivity index (χ0n) is 13.0. The van der Waals surface area contributed by atoms with Gasteiger partial charge in [0.25, 0.3) is 0 Å². The van der Waals surface area contributed by atoms with Crippen molar-refractivity contribution in [1.29, 1.82) is 0 Å². The van der Waals surface area contributed by atoms with E-state index in [0.29, 0.717) is 0 Å². The summed E-state index contributed by atoms with van der Waals surface area (Å²) >= 11 is 0. The Hall–Kier alpha value is -0.900. The van der Waals surface area contributed by atoms with Crippen LogP contribution < -0.4 is 11.3 Å². The molecule has 1 aromatic carbocycles. The number of methoxy groups -OCH3 is 1. The Morgan fingerprint density at radius 2 is 2.05 bits per heavy atom. The van der Waals surface area contributed by atoms with Gasteiger partial charge in [-0.05, 0) is 42.7 Å². The first-order chi connectivity index (χ1) is 9.70. The standard InChI is InChI=1S/C17H28N2O/c1-4-17(5-2,20-3)16(19-18)15-11-7-10-14(12-15)13-8-6-9-13/h7,10-13,16,19H,4-6,8-9,18H2,1-3H3. The molecule has 1 atom stereocenters. The first-order valence-corrected chi connectivity index (χ1v) is 7.81. The van der Waals surface area contributed by atoms with Crippen LogP contribution in [0.1, 0.15) is 69.0 Å². The van der Waals surface area contributed by atoms with Gasteiger partial charge in [0.05, 0.1) is 11.6 Å². The summed E-state index contributed by atoms with van der Waals surface area (Å²) in [6.45, 7) is 4.32. The average Bonchev–Trinajstić information content (AvgIpc) is 2.43. The fourth-order valence-electron chi connectivity index (χ4n) is 3.35. The second-order valence-electron chi connectivity index (χ2n) is 5.87. The Bertz CT molecular complexity index is 416. The van der Waals surface area contributed by atoms with Gasteiger partial charge in [-0.15, -0.1) is 0 Å². The topological polar surface area (TPSA) is 47.3 Å². The summed E-state index contributed by atoms with van der Waals surface area (Å²) < 4.78 is 5.84. The summed E-state index contributed by atoms with van der Waals surface area (Å²) in [5.74, 6) is 6.60. The Morgan fingerprint density at radius 3 is 2.50 bits per heavy atom. The highest BCUT2D eigenvalue weighted by Gasteiger charge is 2.36. The van der Waals surface area contributed by atoms with Crippen LogP contribution in [0.5, 0.6) is 0 Å². The van der Waals surface area contributed by atoms with Crippen LogP contribution in [0, 0.1) is 0 Å². The molecule has 0 saturated heterocycles. The van der Waals surface area contributed by atoms with E-state index in [1.165, 1.54) is 30.4 Å². The van der Waals surface area contributed by atoms with Crippen LogP contribution in [0.15, 0.2) is 24.3 Å². The maximum atomic E-state index is 5.86. The highest BCUT2D eigenvalue weighted by atomic mass is 16.5. The van der Waals surface area contributed by atoms with Crippen LogP contribution in [-0.4, -0.2) is 12.7 Å². The quantitative estimate of drug-likeness (QED) is 0.590. The predicted octanol–water partition coefficient (Wildman–Crippen LogP) is 3.66. The molecule has 1 fully saturated rings. The number of benzene rings is 1. The zero-order chi connectivity index (χ0) is 14.6. The van der Waals surface area contributed by atoms with Gasteiger partial charge in [-0.1, -0.05) is 44.5 Å². The second kappa shape index (κ2) is 6.70. The van der Waals surface area contributed by atoms with Crippen molar-refractivity contribution in [2.24, 2.45) is 5.84 Å². The van der Waals surface area contributed by atoms with Gasteiger partial charge in [-0.25, -0.2) is 0 Å². The van der Waals surface area contributed by atoms with Gasteiger partial charge >= 0.3 is 0 Å². The molecule has 1 unspecified atom stereocenters. The first-order valence-electron chi connectivity index (χ1n) is 7.81. The maximum absolute atomic E-state index is 5.86. The molecule has 1 saturated carbocycles. The number of ether oxygens (including phenoxy) is 1. The lowest BCUT2D eigenvalue weighted by molar-refractivity contribution is -0.0487. The number of rotatable bonds is 7. The summed E-state index contributed by atoms with van der Waals surface area (Å²) in [6, 6.07) is 8.90. The molecule has 0 radical (unpaired) electrons. The average molecular weight is 276 g/mol. The molecule has 1 aromatic rings. The van der Waals surface area contributed by atoms with Gasteiger partial charge < -0.3 is 4.74 Å². The smallest absolute Gasteiger partial charge is 0.0880 e. The number of hydrazine groups is 1. The summed E-state index contributed by atoms with van der Waals surface area (Å²) in [5, 5.41) is 0. The molecule has 112 valence electrons. The normalized spacial score (nSPS) is 17.8. The maximum Gasteiger partial charge on any atom is 0.0880 e. The van der Waals surface area contributed by atoms with Crippen molar-refractivity contribution in [3.05, 3.63) is 35.4 Å². The lowest BCUT2D eigenvalue weighted by Gasteiger charge is -2.38. The van der Waals surface area contributed by atoms with E-state index in [9.17, 15) is 0 Å². The van der Waals surface area contributed by atoms with Crippen LogP contribution in [-0.2, 0) is 4.74 Å². The molecule has 20 heavy (non-hydrogen) atoms. The van der Waals surface area contributed by atoms with Crippen LogP contribution in [0.2, 0.25) is 0 Å². The molecule has 0 amide bonds. The van der Waals surface area contributed by atoms with Crippen LogP contribution >= 0.6 is 0 Å². The van der Waals surface area contributed by atoms with E-state index < -0.39 is 0 Å². The molecule has 0 heterocycles. The van der Waals surface area contributed by atoms with E-state index in [-0.39, 0.29) is 11.6 Å². The third-order valence-electron chi connectivity index (χ3n) is 5.12. The van der Waals surface area contributed by atoms with E-state index in [0.717, 1.165) is 18.8 Å². The van der Waals surface area contributed by atoms with Gasteiger partial charge in [-0.3, -0.25) is 11.3 Å². The fraction of sp³-hybridized carbons (Fsp3) is 0.647. The van der Waals surface area contributed by atoms with Crippen molar-refractivity contribution in [2.75, 3.05) is 7.11 Å². The highest BCUT2D eigenvalue weighted by Crippen LogP contribution is 2.39. The van der Waals surface area contributed by atoms with Crippen molar-refractivity contribution < 1.29 is 4.74 Å². The monoisotopic (exact) mass is 276 g/mol. The van der Waals surface area contributed by atoms with E-state index in [1.54, 1.807) is 7.11 Å². The van der Waals surface area contributed by atoms with Gasteiger partial charge in [-0.2, -0.15) is 0 Å². The van der Waals surface area contributed by atoms with Crippen molar-refractivity contribution in [2.45, 2.75) is 63.5 Å². The molecule has 0 aliphatic heterocycles. The molecule has 3 N–H and O–H groups in total. The van der Waals surface area contributed by atoms with Gasteiger partial charge in [0, 0.05) is 7.11 Å². The summed E-state index contributed by atoms with van der Waals surface area (Å²) in [7, 11) is 1.78. The zero-order valence-corrected chi connectivity index (χ0v) is 13.0. The number of hydrogen-bond donors (Lipinski definition) is 2. The number of nitrogens with one attached hydrogen (secondary N) is 1. The molecule has 2 rings (SSSR count). The van der Waals surface area contributed by atoms with E-state index in [2.05, 4.69) is 43.5 Å². The molecule has 1 aliphatic carbocycles. The third-order valence-corrected chi connectivity index (χ3v) is 5.12. The number of hydrogen-bond acceptors (Lipinski definition) is 3. The Kier molecular flexibility index (Phi) is 5.19. The van der Waals surface area contributed by atoms with Crippen LogP contribution in [0.4, 0.5) is 0 Å². The molecule has 0 aromatic heterocycles. The third kappa shape index (κ3) is 2.76. The SMILES string of the molecule is CCC(CC)(OC)C(NN)c1cccc(C2CCC2)c1. The highest BCUT2D eigenvalue weighted by molar-refractivity contribution is 5.31. The molecule has 3 heteroatoms. The first kappa shape index (κ1) is 15.5. The lowest BCUT2D eigenvalue weighted by atomic mass is 9.78. The summed E-state index contributed by atoms with van der Waals surface area (Å²) in [4.78, 5) is 0. The van der Waals surface area contributed by atoms with Crippen molar-refractivity contribution in [1.82, 2.24) is 5.43 Å². The summed E-state index contributed by atoms with van der Waals surface area (Å²) in [5.41, 5.74) is 5.43. The Morgan fingerprint density at radius 1 is 1.35 bits per heavy atom. The summed E-state index contributed by atoms with van der Waals surface area (Å²) in [6.07, 6.45) is 5.87. The minimum Gasteiger partial charge on any atom is -0.376 e. The second-order valence-corrected chi connectivity index (χ2v) is 5.87. The predicted molar refractivity (Wildman–Crippen MR) is 83.4 cm³/mol. The molecule has 1 aliphatic rings. The van der Waals surface area contributed by atoms with Crippen molar-refractivity contribution in [3.63, 3.8) is 0 Å². The van der Waals surface area contributed by atoms with Crippen LogP contribution in [0.25, 0.3) is 0 Å². The Labute approximate surface area is 122 Å². The minimum atomic E-state index is -0.243. The van der Waals surface area contributed by atoms with Gasteiger partial charge in [0.15, 0.2) is 0 Å². The van der Waals surface area contributed by atoms with Crippen LogP contribution in [0.3, 0.4) is 0 Å². The van der Waals surface area contributed by atoms with Gasteiger partial charge in [0.1, 0.15) is 0 Å². The Balaban J connectivity index is 2.30. The molecular formula is C17H28N2O. The lowest BCUT2D eigenvalue weighted by Crippen LogP contribution is -2.47. The van der Waals surface area contributed by atoms with Crippen molar-refractivity contribution in [3.8, 4) is 0 Å². The number of nitrogens with two attached hydrogens (primary N) is 1. The fourth-order valence-corrected chi connectivity index (χ4v) is 3.35. The van der Waals surface area contributed by atoms with Crippen molar-refractivity contribution >= 4 is 0 Å². The molecule has 0 bridgehead atoms. The van der Waals surface area contributed by atoms with E-state index >= 15 is 0 Å². The van der Waals surface area contributed by atoms with E-state index in [1.807, 2.05) is 0 Å². The van der Waals surface area contributed by atoms with Gasteiger partial charge in [0.2, 0.25) is 0 Å². The van der Waals surface area contributed by atoms with E-state index in [4.69, 9.17) is 10.6 Å². The largest absolute Gasteiger partial charge is 0.376 e. The molecule has 0 spiro atoms.